The molecule has 2 amide bonds. The third-order valence-electron chi connectivity index (χ3n) is 2.98. The van der Waals surface area contributed by atoms with Gasteiger partial charge >= 0.3 is 0 Å². The fourth-order valence-electron chi connectivity index (χ4n) is 1.77. The van der Waals surface area contributed by atoms with Crippen molar-refractivity contribution in [3.8, 4) is 5.75 Å². The fraction of sp³-hybridized carbons (Fsp3) is 0.467. The van der Waals surface area contributed by atoms with Gasteiger partial charge in [0.2, 0.25) is 5.91 Å². The van der Waals surface area contributed by atoms with Crippen molar-refractivity contribution in [1.82, 2.24) is 10.2 Å². The molecule has 0 aliphatic heterocycles. The highest BCUT2D eigenvalue weighted by molar-refractivity contribution is 5.85. The molecule has 0 heterocycles. The molecule has 0 saturated heterocycles. The number of hydrogen-bond acceptors (Lipinski definition) is 4. The van der Waals surface area contributed by atoms with Crippen LogP contribution in [0.4, 0.5) is 0 Å². The van der Waals surface area contributed by atoms with E-state index in [0.717, 1.165) is 12.0 Å². The molecule has 0 bridgehead atoms. The molecule has 0 aliphatic rings. The molecule has 0 fully saturated rings. The molecule has 21 heavy (non-hydrogen) atoms. The summed E-state index contributed by atoms with van der Waals surface area (Å²) in [4.78, 5) is 25.0. The molecular weight excluding hydrogens is 270 g/mol. The molecule has 6 nitrogen and oxygen atoms in total. The molecule has 1 aromatic carbocycles. The maximum atomic E-state index is 12.1. The monoisotopic (exact) mass is 293 g/mol. The number of benzene rings is 1. The van der Waals surface area contributed by atoms with Gasteiger partial charge in [-0.05, 0) is 24.1 Å². The van der Waals surface area contributed by atoms with E-state index in [1.807, 2.05) is 19.1 Å². The minimum Gasteiger partial charge on any atom is -0.484 e. The highest BCUT2D eigenvalue weighted by atomic mass is 16.5. The number of ether oxygens (including phenoxy) is 1. The lowest BCUT2D eigenvalue weighted by Gasteiger charge is -2.21. The summed E-state index contributed by atoms with van der Waals surface area (Å²) in [6.45, 7) is 2.92. The summed E-state index contributed by atoms with van der Waals surface area (Å²) < 4.78 is 5.45. The third-order valence-corrected chi connectivity index (χ3v) is 2.98. The van der Waals surface area contributed by atoms with Crippen molar-refractivity contribution in [2.24, 2.45) is 5.73 Å². The topological polar surface area (TPSA) is 84.7 Å². The van der Waals surface area contributed by atoms with E-state index < -0.39 is 0 Å². The van der Waals surface area contributed by atoms with E-state index in [4.69, 9.17) is 10.5 Å². The molecule has 0 saturated carbocycles. The second kappa shape index (κ2) is 8.97. The molecule has 0 unspecified atom stereocenters. The average molecular weight is 293 g/mol. The number of carbonyl (C=O) groups excluding carboxylic acids is 2. The smallest absolute Gasteiger partial charge is 0.260 e. The van der Waals surface area contributed by atoms with Crippen molar-refractivity contribution < 1.29 is 14.3 Å². The van der Waals surface area contributed by atoms with Gasteiger partial charge in [0.05, 0.1) is 6.54 Å². The summed E-state index contributed by atoms with van der Waals surface area (Å²) in [5, 5.41) is 2.51. The summed E-state index contributed by atoms with van der Waals surface area (Å²) in [7, 11) is 1.55. The van der Waals surface area contributed by atoms with Crippen LogP contribution in [0.2, 0.25) is 0 Å². The van der Waals surface area contributed by atoms with Gasteiger partial charge in [-0.2, -0.15) is 0 Å². The summed E-state index contributed by atoms with van der Waals surface area (Å²) >= 11 is 0. The van der Waals surface area contributed by atoms with Crippen LogP contribution in [0.1, 0.15) is 18.9 Å². The van der Waals surface area contributed by atoms with E-state index in [1.165, 1.54) is 4.90 Å². The normalized spacial score (nSPS) is 10.0. The number of nitrogens with one attached hydrogen (secondary N) is 1. The van der Waals surface area contributed by atoms with Crippen LogP contribution < -0.4 is 15.8 Å². The predicted molar refractivity (Wildman–Crippen MR) is 80.8 cm³/mol. The number of nitrogens with zero attached hydrogens (tertiary/aromatic N) is 1. The van der Waals surface area contributed by atoms with E-state index in [9.17, 15) is 9.59 Å². The van der Waals surface area contributed by atoms with E-state index in [-0.39, 0.29) is 25.0 Å². The van der Waals surface area contributed by atoms with Crippen LogP contribution in [0.5, 0.6) is 5.75 Å². The zero-order valence-electron chi connectivity index (χ0n) is 12.6. The Kier molecular flexibility index (Phi) is 7.25. The van der Waals surface area contributed by atoms with Gasteiger partial charge in [-0.3, -0.25) is 9.59 Å². The van der Waals surface area contributed by atoms with Crippen LogP contribution in [0.3, 0.4) is 0 Å². The SMILES string of the molecule is CCCN(CC(=O)NC)C(=O)COc1ccc(CN)cc1. The zero-order chi connectivity index (χ0) is 15.7. The summed E-state index contributed by atoms with van der Waals surface area (Å²) in [6, 6.07) is 7.26. The van der Waals surface area contributed by atoms with Gasteiger partial charge in [0.15, 0.2) is 6.61 Å². The number of hydrogen-bond donors (Lipinski definition) is 2. The number of nitrogens with two attached hydrogens (primary N) is 1. The predicted octanol–water partition coefficient (Wildman–Crippen LogP) is 0.509. The standard InChI is InChI=1S/C15H23N3O3/c1-3-8-18(10-14(19)17-2)15(20)11-21-13-6-4-12(9-16)5-7-13/h4-7H,3,8-11,16H2,1-2H3,(H,17,19). The Morgan fingerprint density at radius 1 is 1.29 bits per heavy atom. The van der Waals surface area contributed by atoms with Crippen molar-refractivity contribution in [2.45, 2.75) is 19.9 Å². The Morgan fingerprint density at radius 3 is 2.48 bits per heavy atom. The van der Waals surface area contributed by atoms with Crippen LogP contribution in [-0.4, -0.2) is 43.5 Å². The Hall–Kier alpha value is -2.08. The lowest BCUT2D eigenvalue weighted by atomic mass is 10.2. The Balaban J connectivity index is 2.53. The molecule has 116 valence electrons. The lowest BCUT2D eigenvalue weighted by molar-refractivity contribution is -0.137. The number of amides is 2. The van der Waals surface area contributed by atoms with Gasteiger partial charge in [-0.15, -0.1) is 0 Å². The number of likely N-dealkylation sites (N-methyl/N-ethyl adjacent to an activating group) is 1. The molecule has 3 N–H and O–H groups in total. The van der Waals surface area contributed by atoms with E-state index >= 15 is 0 Å². The Morgan fingerprint density at radius 2 is 1.95 bits per heavy atom. The Bertz CT molecular complexity index is 460. The molecule has 0 spiro atoms. The quantitative estimate of drug-likeness (QED) is 0.731. The maximum absolute atomic E-state index is 12.1. The molecule has 6 heteroatoms. The van der Waals surface area contributed by atoms with Crippen LogP contribution in [-0.2, 0) is 16.1 Å². The molecule has 0 atom stereocenters. The molecule has 0 aliphatic carbocycles. The van der Waals surface area contributed by atoms with E-state index in [2.05, 4.69) is 5.32 Å². The van der Waals surface area contributed by atoms with Crippen molar-refractivity contribution in [2.75, 3.05) is 26.7 Å². The largest absolute Gasteiger partial charge is 0.484 e. The van der Waals surface area contributed by atoms with Gasteiger partial charge in [-0.25, -0.2) is 0 Å². The first-order valence-electron chi connectivity index (χ1n) is 7.00. The first kappa shape index (κ1) is 17.0. The molecular formula is C15H23N3O3. The highest BCUT2D eigenvalue weighted by Gasteiger charge is 2.16. The first-order chi connectivity index (χ1) is 10.1. The third kappa shape index (κ3) is 5.83. The molecule has 0 radical (unpaired) electrons. The van der Waals surface area contributed by atoms with Gasteiger partial charge in [-0.1, -0.05) is 19.1 Å². The van der Waals surface area contributed by atoms with Crippen LogP contribution in [0.25, 0.3) is 0 Å². The van der Waals surface area contributed by atoms with Gasteiger partial charge < -0.3 is 20.7 Å². The number of carbonyl (C=O) groups is 2. The van der Waals surface area contributed by atoms with Gasteiger partial charge in [0.25, 0.3) is 5.91 Å². The zero-order valence-corrected chi connectivity index (χ0v) is 12.6. The lowest BCUT2D eigenvalue weighted by Crippen LogP contribution is -2.42. The van der Waals surface area contributed by atoms with Crippen LogP contribution >= 0.6 is 0 Å². The second-order valence-electron chi connectivity index (χ2n) is 4.63. The number of rotatable bonds is 8. The maximum Gasteiger partial charge on any atom is 0.260 e. The summed E-state index contributed by atoms with van der Waals surface area (Å²) in [5.74, 6) is 0.212. The molecule has 1 aromatic rings. The van der Waals surface area contributed by atoms with Crippen molar-refractivity contribution >= 4 is 11.8 Å². The summed E-state index contributed by atoms with van der Waals surface area (Å²) in [5.41, 5.74) is 6.52. The van der Waals surface area contributed by atoms with E-state index in [1.54, 1.807) is 19.2 Å². The molecule has 1 rings (SSSR count). The van der Waals surface area contributed by atoms with Crippen LogP contribution in [0, 0.1) is 0 Å². The van der Waals surface area contributed by atoms with Crippen molar-refractivity contribution in [3.05, 3.63) is 29.8 Å². The Labute approximate surface area is 125 Å². The van der Waals surface area contributed by atoms with Gasteiger partial charge in [0.1, 0.15) is 5.75 Å². The van der Waals surface area contributed by atoms with E-state index in [0.29, 0.717) is 18.8 Å². The van der Waals surface area contributed by atoms with Crippen molar-refractivity contribution in [1.29, 1.82) is 0 Å². The minimum atomic E-state index is -0.205. The van der Waals surface area contributed by atoms with Crippen LogP contribution in [0.15, 0.2) is 24.3 Å². The van der Waals surface area contributed by atoms with Gasteiger partial charge in [0, 0.05) is 20.1 Å². The minimum absolute atomic E-state index is 0.0542. The average Bonchev–Trinajstić information content (AvgIpc) is 2.52. The fourth-order valence-corrected chi connectivity index (χ4v) is 1.77. The van der Waals surface area contributed by atoms with Crippen molar-refractivity contribution in [3.63, 3.8) is 0 Å². The first-order valence-corrected chi connectivity index (χ1v) is 7.00. The second-order valence-corrected chi connectivity index (χ2v) is 4.63. The molecule has 0 aromatic heterocycles. The highest BCUT2D eigenvalue weighted by Crippen LogP contribution is 2.11. The summed E-state index contributed by atoms with van der Waals surface area (Å²) in [6.07, 6.45) is 0.786.